The highest BCUT2D eigenvalue weighted by molar-refractivity contribution is 6.17. The maximum atomic E-state index is 13.5. The fraction of sp³-hybridized carbons (Fsp3) is 0.188. The van der Waals surface area contributed by atoms with Crippen molar-refractivity contribution < 1.29 is 4.39 Å². The monoisotopic (exact) mass is 303 g/mol. The van der Waals surface area contributed by atoms with Crippen molar-refractivity contribution in [1.29, 1.82) is 0 Å². The minimum absolute atomic E-state index is 0.270. The average molecular weight is 304 g/mol. The smallest absolute Gasteiger partial charge is 0.129 e. The third-order valence-electron chi connectivity index (χ3n) is 3.43. The molecule has 0 amide bonds. The summed E-state index contributed by atoms with van der Waals surface area (Å²) in [6, 6.07) is 12.6. The predicted octanol–water partition coefficient (Wildman–Crippen LogP) is 3.97. The van der Waals surface area contributed by atoms with Gasteiger partial charge in [0.25, 0.3) is 0 Å². The zero-order valence-electron chi connectivity index (χ0n) is 11.8. The second kappa shape index (κ2) is 5.37. The molecule has 0 aliphatic rings. The van der Waals surface area contributed by atoms with E-state index in [0.29, 0.717) is 5.82 Å². The van der Waals surface area contributed by atoms with Crippen molar-refractivity contribution in [3.05, 3.63) is 54.1 Å². The van der Waals surface area contributed by atoms with Gasteiger partial charge in [-0.05, 0) is 36.4 Å². The van der Waals surface area contributed by atoms with Crippen LogP contribution in [-0.2, 0) is 5.88 Å². The number of halogens is 2. The Kier molecular flexibility index (Phi) is 3.55. The highest BCUT2D eigenvalue weighted by Crippen LogP contribution is 2.25. The summed E-state index contributed by atoms with van der Waals surface area (Å²) < 4.78 is 15.4. The van der Waals surface area contributed by atoms with Crippen molar-refractivity contribution in [3.8, 4) is 5.69 Å². The summed E-state index contributed by atoms with van der Waals surface area (Å²) in [4.78, 5) is 6.49. The lowest BCUT2D eigenvalue weighted by atomic mass is 10.2. The highest BCUT2D eigenvalue weighted by Gasteiger charge is 2.12. The predicted molar refractivity (Wildman–Crippen MR) is 84.9 cm³/mol. The Morgan fingerprint density at radius 1 is 1.14 bits per heavy atom. The summed E-state index contributed by atoms with van der Waals surface area (Å²) in [7, 11) is 3.97. The van der Waals surface area contributed by atoms with E-state index >= 15 is 0 Å². The molecule has 0 aliphatic heterocycles. The third kappa shape index (κ3) is 2.47. The third-order valence-corrected chi connectivity index (χ3v) is 3.67. The van der Waals surface area contributed by atoms with E-state index in [9.17, 15) is 4.39 Å². The van der Waals surface area contributed by atoms with Crippen LogP contribution in [0.25, 0.3) is 16.7 Å². The molecule has 3 rings (SSSR count). The van der Waals surface area contributed by atoms with Crippen LogP contribution in [-0.4, -0.2) is 23.6 Å². The van der Waals surface area contributed by atoms with Gasteiger partial charge in [0.1, 0.15) is 11.6 Å². The zero-order valence-corrected chi connectivity index (χ0v) is 12.6. The van der Waals surface area contributed by atoms with Crippen LogP contribution in [0, 0.1) is 5.82 Å². The molecule has 3 nitrogen and oxygen atoms in total. The van der Waals surface area contributed by atoms with Crippen LogP contribution >= 0.6 is 11.6 Å². The topological polar surface area (TPSA) is 21.1 Å². The number of hydrogen-bond acceptors (Lipinski definition) is 2. The van der Waals surface area contributed by atoms with E-state index in [1.54, 1.807) is 6.07 Å². The van der Waals surface area contributed by atoms with Gasteiger partial charge in [0.05, 0.1) is 16.9 Å². The minimum atomic E-state index is -0.283. The first-order chi connectivity index (χ1) is 10.1. The fourth-order valence-electron chi connectivity index (χ4n) is 2.38. The van der Waals surface area contributed by atoms with Crippen molar-refractivity contribution in [3.63, 3.8) is 0 Å². The molecule has 0 unspecified atom stereocenters. The van der Waals surface area contributed by atoms with Gasteiger partial charge in [-0.15, -0.1) is 11.6 Å². The van der Waals surface area contributed by atoms with Gasteiger partial charge in [0.2, 0.25) is 0 Å². The molecule has 0 atom stereocenters. The first-order valence-electron chi connectivity index (χ1n) is 6.61. The Hall–Kier alpha value is -2.07. The number of benzene rings is 2. The van der Waals surface area contributed by atoms with Crippen LogP contribution in [0.3, 0.4) is 0 Å². The second-order valence-electron chi connectivity index (χ2n) is 5.04. The van der Waals surface area contributed by atoms with Crippen molar-refractivity contribution in [2.75, 3.05) is 19.0 Å². The van der Waals surface area contributed by atoms with Gasteiger partial charge >= 0.3 is 0 Å². The molecule has 0 spiro atoms. The normalized spacial score (nSPS) is 11.0. The average Bonchev–Trinajstić information content (AvgIpc) is 2.85. The molecule has 0 bridgehead atoms. The van der Waals surface area contributed by atoms with Gasteiger partial charge in [-0.1, -0.05) is 0 Å². The van der Waals surface area contributed by atoms with Gasteiger partial charge in [-0.25, -0.2) is 9.37 Å². The van der Waals surface area contributed by atoms with Crippen molar-refractivity contribution in [2.24, 2.45) is 0 Å². The molecule has 3 aromatic rings. The molecule has 21 heavy (non-hydrogen) atoms. The number of fused-ring (bicyclic) bond motifs is 1. The van der Waals surface area contributed by atoms with E-state index in [0.717, 1.165) is 22.4 Å². The lowest BCUT2D eigenvalue weighted by Crippen LogP contribution is -2.08. The molecule has 1 aromatic heterocycles. The maximum Gasteiger partial charge on any atom is 0.129 e. The molecule has 2 aromatic carbocycles. The summed E-state index contributed by atoms with van der Waals surface area (Å²) in [5.74, 6) is 0.690. The zero-order chi connectivity index (χ0) is 15.0. The molecule has 0 radical (unpaired) electrons. The highest BCUT2D eigenvalue weighted by atomic mass is 35.5. The van der Waals surface area contributed by atoms with E-state index in [4.69, 9.17) is 11.6 Å². The summed E-state index contributed by atoms with van der Waals surface area (Å²) >= 11 is 5.99. The van der Waals surface area contributed by atoms with Gasteiger partial charge in [-0.2, -0.15) is 0 Å². The Labute approximate surface area is 127 Å². The molecular weight excluding hydrogens is 289 g/mol. The lowest BCUT2D eigenvalue weighted by Gasteiger charge is -2.14. The Morgan fingerprint density at radius 3 is 2.48 bits per heavy atom. The van der Waals surface area contributed by atoms with Crippen LogP contribution in [0.2, 0.25) is 0 Å². The largest absolute Gasteiger partial charge is 0.378 e. The van der Waals surface area contributed by atoms with Gasteiger partial charge < -0.3 is 4.90 Å². The molecule has 108 valence electrons. The van der Waals surface area contributed by atoms with E-state index < -0.39 is 0 Å². The number of imidazole rings is 1. The summed E-state index contributed by atoms with van der Waals surface area (Å²) in [5.41, 5.74) is 3.48. The van der Waals surface area contributed by atoms with Crippen molar-refractivity contribution in [1.82, 2.24) is 9.55 Å². The van der Waals surface area contributed by atoms with E-state index in [2.05, 4.69) is 4.98 Å². The number of nitrogens with zero attached hydrogens (tertiary/aromatic N) is 3. The SMILES string of the molecule is CN(C)c1ccc(-n2c(CCl)nc3ccc(F)cc32)cc1. The molecule has 0 saturated heterocycles. The summed E-state index contributed by atoms with van der Waals surface area (Å²) in [6.45, 7) is 0. The standard InChI is InChI=1S/C16H15ClFN3/c1-20(2)12-4-6-13(7-5-12)21-15-9-11(18)3-8-14(15)19-16(21)10-17/h3-9H,10H2,1-2H3. The Balaban J connectivity index is 2.20. The number of hydrogen-bond donors (Lipinski definition) is 0. The Morgan fingerprint density at radius 2 is 1.86 bits per heavy atom. The van der Waals surface area contributed by atoms with Crippen LogP contribution in [0.15, 0.2) is 42.5 Å². The molecule has 0 aliphatic carbocycles. The van der Waals surface area contributed by atoms with E-state index in [1.165, 1.54) is 12.1 Å². The number of aromatic nitrogens is 2. The first kappa shape index (κ1) is 13.9. The maximum absolute atomic E-state index is 13.5. The number of rotatable bonds is 3. The molecule has 0 fully saturated rings. The first-order valence-corrected chi connectivity index (χ1v) is 7.14. The van der Waals surface area contributed by atoms with Crippen LogP contribution in [0.5, 0.6) is 0 Å². The van der Waals surface area contributed by atoms with Gasteiger partial charge in [0.15, 0.2) is 0 Å². The number of anilines is 1. The molecular formula is C16H15ClFN3. The summed E-state index contributed by atoms with van der Waals surface area (Å²) in [6.07, 6.45) is 0. The fourth-order valence-corrected chi connectivity index (χ4v) is 2.56. The Bertz CT molecular complexity index is 778. The lowest BCUT2D eigenvalue weighted by molar-refractivity contribution is 0.629. The van der Waals surface area contributed by atoms with Gasteiger partial charge in [-0.3, -0.25) is 4.57 Å². The van der Waals surface area contributed by atoms with Gasteiger partial charge in [0, 0.05) is 31.5 Å². The molecule has 5 heteroatoms. The minimum Gasteiger partial charge on any atom is -0.378 e. The number of alkyl halides is 1. The quantitative estimate of drug-likeness (QED) is 0.683. The van der Waals surface area contributed by atoms with Crippen molar-refractivity contribution in [2.45, 2.75) is 5.88 Å². The molecule has 1 heterocycles. The van der Waals surface area contributed by atoms with Crippen LogP contribution < -0.4 is 4.90 Å². The van der Waals surface area contributed by atoms with E-state index in [1.807, 2.05) is 47.8 Å². The van der Waals surface area contributed by atoms with Crippen LogP contribution in [0.1, 0.15) is 5.82 Å². The second-order valence-corrected chi connectivity index (χ2v) is 5.31. The molecule has 0 saturated carbocycles. The summed E-state index contributed by atoms with van der Waals surface area (Å²) in [5, 5.41) is 0. The van der Waals surface area contributed by atoms with E-state index in [-0.39, 0.29) is 11.7 Å². The van der Waals surface area contributed by atoms with Crippen LogP contribution in [0.4, 0.5) is 10.1 Å². The molecule has 0 N–H and O–H groups in total. The van der Waals surface area contributed by atoms with Crippen molar-refractivity contribution >= 4 is 28.3 Å².